The van der Waals surface area contributed by atoms with Gasteiger partial charge in [0, 0.05) is 25.5 Å². The highest BCUT2D eigenvalue weighted by molar-refractivity contribution is 9.10. The predicted octanol–water partition coefficient (Wildman–Crippen LogP) is 7.88. The zero-order chi connectivity index (χ0) is 25.3. The maximum atomic E-state index is 13.3. The molecule has 1 aromatic heterocycles. The summed E-state index contributed by atoms with van der Waals surface area (Å²) in [6.45, 7) is 6.20. The third-order valence-electron chi connectivity index (χ3n) is 5.16. The predicted molar refractivity (Wildman–Crippen MR) is 148 cm³/mol. The molecule has 9 heteroatoms. The van der Waals surface area contributed by atoms with E-state index in [4.69, 9.17) is 44.5 Å². The molecule has 0 radical (unpaired) electrons. The molecular formula is C26H21BrCl3N3O2. The lowest BCUT2D eigenvalue weighted by Gasteiger charge is -2.20. The number of hydrogen-bond acceptors (Lipinski definition) is 4. The number of halogens is 4. The van der Waals surface area contributed by atoms with E-state index in [9.17, 15) is 4.79 Å². The number of fused-ring (bicyclic) bond motifs is 1. The lowest BCUT2D eigenvalue weighted by atomic mass is 9.95. The third kappa shape index (κ3) is 5.89. The van der Waals surface area contributed by atoms with E-state index in [1.165, 1.54) is 4.68 Å². The Bertz CT molecular complexity index is 1510. The molecule has 0 atom stereocenters. The molecular weight excluding hydrogens is 573 g/mol. The van der Waals surface area contributed by atoms with Crippen LogP contribution in [0.1, 0.15) is 37.7 Å². The summed E-state index contributed by atoms with van der Waals surface area (Å²) >= 11 is 22.0. The maximum absolute atomic E-state index is 13.3. The molecule has 0 saturated carbocycles. The molecule has 0 N–H and O–H groups in total. The van der Waals surface area contributed by atoms with Gasteiger partial charge in [0.1, 0.15) is 18.2 Å². The van der Waals surface area contributed by atoms with E-state index in [0.717, 1.165) is 10.0 Å². The number of benzene rings is 3. The molecule has 0 unspecified atom stereocenters. The Morgan fingerprint density at radius 1 is 1.03 bits per heavy atom. The molecule has 0 bridgehead atoms. The van der Waals surface area contributed by atoms with Crippen LogP contribution < -0.4 is 10.3 Å². The molecule has 0 aliphatic carbocycles. The van der Waals surface area contributed by atoms with Crippen LogP contribution in [0, 0.1) is 0 Å². The van der Waals surface area contributed by atoms with Crippen molar-refractivity contribution in [3.05, 3.63) is 101 Å². The summed E-state index contributed by atoms with van der Waals surface area (Å²) in [7, 11) is 0. The Labute approximate surface area is 226 Å². The summed E-state index contributed by atoms with van der Waals surface area (Å²) in [5, 5.41) is 6.44. The Morgan fingerprint density at radius 3 is 2.49 bits per heavy atom. The van der Waals surface area contributed by atoms with Crippen LogP contribution in [-0.4, -0.2) is 15.9 Å². The van der Waals surface area contributed by atoms with Gasteiger partial charge in [-0.2, -0.15) is 9.78 Å². The number of rotatable bonds is 5. The first-order valence-corrected chi connectivity index (χ1v) is 12.6. The summed E-state index contributed by atoms with van der Waals surface area (Å²) in [4.78, 5) is 18.0. The van der Waals surface area contributed by atoms with Gasteiger partial charge in [-0.3, -0.25) is 4.79 Å². The van der Waals surface area contributed by atoms with Gasteiger partial charge >= 0.3 is 0 Å². The molecule has 1 heterocycles. The van der Waals surface area contributed by atoms with Gasteiger partial charge in [0.05, 0.1) is 22.1 Å². The van der Waals surface area contributed by atoms with Gasteiger partial charge in [-0.15, -0.1) is 0 Å². The first-order valence-electron chi connectivity index (χ1n) is 10.7. The van der Waals surface area contributed by atoms with Crippen molar-refractivity contribution < 1.29 is 4.74 Å². The largest absolute Gasteiger partial charge is 0.487 e. The van der Waals surface area contributed by atoms with Crippen LogP contribution in [0.15, 0.2) is 69.0 Å². The van der Waals surface area contributed by atoms with E-state index in [0.29, 0.717) is 43.1 Å². The van der Waals surface area contributed by atoms with Crippen LogP contribution >= 0.6 is 50.7 Å². The third-order valence-corrected chi connectivity index (χ3v) is 6.53. The zero-order valence-corrected chi connectivity index (χ0v) is 23.0. The molecule has 180 valence electrons. The maximum Gasteiger partial charge on any atom is 0.282 e. The van der Waals surface area contributed by atoms with Gasteiger partial charge in [0.2, 0.25) is 0 Å². The standard InChI is InChI=1S/C26H21BrCl3N3O2/c1-26(2,3)25-32-22-8-6-17(27)11-19(22)24(34)33(25)31-13-15-4-9-23(21(30)10-15)35-14-16-5-7-18(28)12-20(16)29/h4-13H,14H2,1-3H3. The highest BCUT2D eigenvalue weighted by Crippen LogP contribution is 2.28. The number of hydrogen-bond donors (Lipinski definition) is 0. The minimum atomic E-state index is -0.407. The summed E-state index contributed by atoms with van der Waals surface area (Å²) in [6.07, 6.45) is 1.58. The zero-order valence-electron chi connectivity index (χ0n) is 19.2. The van der Waals surface area contributed by atoms with Gasteiger partial charge in [-0.25, -0.2) is 4.98 Å². The van der Waals surface area contributed by atoms with E-state index < -0.39 is 5.41 Å². The van der Waals surface area contributed by atoms with Crippen molar-refractivity contribution in [2.24, 2.45) is 5.10 Å². The highest BCUT2D eigenvalue weighted by Gasteiger charge is 2.23. The molecule has 4 aromatic rings. The summed E-state index contributed by atoms with van der Waals surface area (Å²) in [5.41, 5.74) is 1.47. The first-order chi connectivity index (χ1) is 16.5. The fourth-order valence-electron chi connectivity index (χ4n) is 3.37. The molecule has 0 aliphatic rings. The lowest BCUT2D eigenvalue weighted by Crippen LogP contribution is -2.29. The van der Waals surface area contributed by atoms with Crippen molar-refractivity contribution in [2.75, 3.05) is 0 Å². The van der Waals surface area contributed by atoms with Crippen molar-refractivity contribution in [1.82, 2.24) is 9.66 Å². The van der Waals surface area contributed by atoms with Crippen LogP contribution in [0.2, 0.25) is 15.1 Å². The van der Waals surface area contributed by atoms with Crippen LogP contribution in [0.5, 0.6) is 5.75 Å². The monoisotopic (exact) mass is 591 g/mol. The van der Waals surface area contributed by atoms with E-state index in [1.807, 2.05) is 32.9 Å². The van der Waals surface area contributed by atoms with E-state index >= 15 is 0 Å². The summed E-state index contributed by atoms with van der Waals surface area (Å²) in [6, 6.07) is 15.9. The first kappa shape index (κ1) is 25.7. The molecule has 0 aliphatic heterocycles. The highest BCUT2D eigenvalue weighted by atomic mass is 79.9. The van der Waals surface area contributed by atoms with Crippen molar-refractivity contribution >= 4 is 67.9 Å². The Kier molecular flexibility index (Phi) is 7.57. The number of aromatic nitrogens is 2. The Hall–Kier alpha value is -2.38. The second-order valence-electron chi connectivity index (χ2n) is 8.92. The Morgan fingerprint density at radius 2 is 1.80 bits per heavy atom. The number of ether oxygens (including phenoxy) is 1. The molecule has 5 nitrogen and oxygen atoms in total. The van der Waals surface area contributed by atoms with Gasteiger partial charge in [-0.05, 0) is 54.1 Å². The summed E-state index contributed by atoms with van der Waals surface area (Å²) in [5.74, 6) is 1.05. The second kappa shape index (κ2) is 10.3. The van der Waals surface area contributed by atoms with Crippen LogP contribution in [-0.2, 0) is 12.0 Å². The van der Waals surface area contributed by atoms with E-state index in [1.54, 1.807) is 48.7 Å². The SMILES string of the molecule is CC(C)(C)c1nc2ccc(Br)cc2c(=O)n1N=Cc1ccc(OCc2ccc(Cl)cc2Cl)c(Cl)c1. The van der Waals surface area contributed by atoms with Gasteiger partial charge in [0.25, 0.3) is 5.56 Å². The molecule has 4 rings (SSSR count). The summed E-state index contributed by atoms with van der Waals surface area (Å²) < 4.78 is 7.97. The molecule has 35 heavy (non-hydrogen) atoms. The Balaban J connectivity index is 1.63. The topological polar surface area (TPSA) is 56.5 Å². The van der Waals surface area contributed by atoms with E-state index in [2.05, 4.69) is 21.0 Å². The molecule has 3 aromatic carbocycles. The fourth-order valence-corrected chi connectivity index (χ4v) is 4.44. The van der Waals surface area contributed by atoms with Crippen molar-refractivity contribution in [2.45, 2.75) is 32.8 Å². The second-order valence-corrected chi connectivity index (χ2v) is 11.1. The normalized spacial score (nSPS) is 12.0. The van der Waals surface area contributed by atoms with Gasteiger partial charge in [-0.1, -0.05) is 77.6 Å². The molecule has 0 fully saturated rings. The average molecular weight is 594 g/mol. The smallest absolute Gasteiger partial charge is 0.282 e. The van der Waals surface area contributed by atoms with Crippen LogP contribution in [0.4, 0.5) is 0 Å². The van der Waals surface area contributed by atoms with Gasteiger partial charge in [0.15, 0.2) is 0 Å². The van der Waals surface area contributed by atoms with Crippen LogP contribution in [0.25, 0.3) is 10.9 Å². The quantitative estimate of drug-likeness (QED) is 0.221. The van der Waals surface area contributed by atoms with Gasteiger partial charge < -0.3 is 4.74 Å². The fraction of sp³-hybridized carbons (Fsp3) is 0.192. The average Bonchev–Trinajstić information content (AvgIpc) is 2.78. The molecule has 0 amide bonds. The van der Waals surface area contributed by atoms with Crippen molar-refractivity contribution in [1.29, 1.82) is 0 Å². The molecule has 0 spiro atoms. The number of nitrogens with zero attached hydrogens (tertiary/aromatic N) is 3. The molecule has 0 saturated heterocycles. The minimum absolute atomic E-state index is 0.242. The van der Waals surface area contributed by atoms with E-state index in [-0.39, 0.29) is 12.2 Å². The van der Waals surface area contributed by atoms with Crippen molar-refractivity contribution in [3.63, 3.8) is 0 Å². The minimum Gasteiger partial charge on any atom is -0.487 e. The van der Waals surface area contributed by atoms with Crippen LogP contribution in [0.3, 0.4) is 0 Å². The lowest BCUT2D eigenvalue weighted by molar-refractivity contribution is 0.306. The van der Waals surface area contributed by atoms with Crippen molar-refractivity contribution in [3.8, 4) is 5.75 Å².